The van der Waals surface area contributed by atoms with Gasteiger partial charge in [0.05, 0.1) is 11.3 Å². The van der Waals surface area contributed by atoms with E-state index < -0.39 is 15.9 Å². The zero-order valence-corrected chi connectivity index (χ0v) is 14.0. The van der Waals surface area contributed by atoms with Crippen molar-refractivity contribution in [1.29, 1.82) is 0 Å². The van der Waals surface area contributed by atoms with Gasteiger partial charge in [0.1, 0.15) is 4.90 Å². The van der Waals surface area contributed by atoms with E-state index in [1.165, 1.54) is 23.4 Å². The maximum atomic E-state index is 12.3. The molecule has 2 N–H and O–H groups in total. The van der Waals surface area contributed by atoms with Gasteiger partial charge in [-0.1, -0.05) is 11.6 Å². The van der Waals surface area contributed by atoms with Crippen LogP contribution in [0.3, 0.4) is 0 Å². The van der Waals surface area contributed by atoms with Crippen molar-refractivity contribution in [3.63, 3.8) is 0 Å². The fraction of sp³-hybridized carbons (Fsp3) is 0.0714. The van der Waals surface area contributed by atoms with Crippen LogP contribution in [0.5, 0.6) is 0 Å². The van der Waals surface area contributed by atoms with E-state index in [-0.39, 0.29) is 10.9 Å². The van der Waals surface area contributed by atoms with Crippen molar-refractivity contribution < 1.29 is 13.2 Å². The lowest BCUT2D eigenvalue weighted by molar-refractivity contribution is 0.0943. The number of aromatic nitrogens is 1. The highest BCUT2D eigenvalue weighted by Crippen LogP contribution is 2.32. The lowest BCUT2D eigenvalue weighted by atomic mass is 10.3. The molecular weight excluding hydrogens is 354 g/mol. The predicted octanol–water partition coefficient (Wildman–Crippen LogP) is 1.16. The van der Waals surface area contributed by atoms with E-state index in [4.69, 9.17) is 11.6 Å². The third-order valence-corrected chi connectivity index (χ3v) is 4.83. The average molecular weight is 366 g/mol. The number of rotatable bonds is 1. The van der Waals surface area contributed by atoms with E-state index in [1.54, 1.807) is 31.3 Å². The van der Waals surface area contributed by atoms with Crippen LogP contribution in [0, 0.1) is 0 Å². The van der Waals surface area contributed by atoms with Crippen molar-refractivity contribution in [1.82, 2.24) is 15.8 Å². The number of sulfonamides is 1. The smallest absolute Gasteiger partial charge is 0.287 e. The molecule has 1 amide bonds. The number of hydrogen-bond donors (Lipinski definition) is 2. The van der Waals surface area contributed by atoms with Gasteiger partial charge in [-0.3, -0.25) is 20.6 Å². The van der Waals surface area contributed by atoms with Crippen LogP contribution in [-0.2, 0) is 10.0 Å². The summed E-state index contributed by atoms with van der Waals surface area (Å²) in [5.74, 6) is -0.513. The largest absolute Gasteiger partial charge is 0.312 e. The number of hydrogen-bond acceptors (Lipinski definition) is 6. The summed E-state index contributed by atoms with van der Waals surface area (Å²) in [5, 5.41) is 0.294. The van der Waals surface area contributed by atoms with Crippen molar-refractivity contribution in [2.24, 2.45) is 4.40 Å². The molecule has 0 aliphatic carbocycles. The standard InChI is InChI=1S/C14H12ClN5O3S/c1-20-11-5-4-10(15)7-12(11)24(22,23)19-14(20)18-17-13(21)9-3-2-6-16-8-9/h2-8H,1H3,(H,17,21)(H,18,19). The number of halogens is 1. The Bertz CT molecular complexity index is 931. The van der Waals surface area contributed by atoms with E-state index in [1.807, 2.05) is 0 Å². The number of carbonyl (C=O) groups excluding carboxylic acids is 1. The molecule has 8 nitrogen and oxygen atoms in total. The first-order chi connectivity index (χ1) is 11.4. The Morgan fingerprint density at radius 3 is 2.79 bits per heavy atom. The van der Waals surface area contributed by atoms with Crippen molar-refractivity contribution in [3.05, 3.63) is 53.3 Å². The molecule has 3 rings (SSSR count). The van der Waals surface area contributed by atoms with Gasteiger partial charge in [-0.2, -0.15) is 8.42 Å². The zero-order chi connectivity index (χ0) is 17.3. The number of hydrazine groups is 1. The van der Waals surface area contributed by atoms with E-state index in [9.17, 15) is 13.2 Å². The van der Waals surface area contributed by atoms with E-state index >= 15 is 0 Å². The molecule has 0 radical (unpaired) electrons. The molecule has 24 heavy (non-hydrogen) atoms. The Morgan fingerprint density at radius 1 is 1.29 bits per heavy atom. The Balaban J connectivity index is 1.84. The molecule has 2 heterocycles. The summed E-state index contributed by atoms with van der Waals surface area (Å²) in [6, 6.07) is 7.66. The Labute approximate surface area is 143 Å². The van der Waals surface area contributed by atoms with Gasteiger partial charge >= 0.3 is 0 Å². The second-order valence-electron chi connectivity index (χ2n) is 4.88. The van der Waals surface area contributed by atoms with E-state index in [2.05, 4.69) is 20.2 Å². The molecule has 10 heteroatoms. The minimum atomic E-state index is -3.92. The minimum absolute atomic E-state index is 0.00151. The van der Waals surface area contributed by atoms with Crippen LogP contribution in [0.1, 0.15) is 10.4 Å². The third kappa shape index (κ3) is 3.03. The normalized spacial score (nSPS) is 15.2. The molecular formula is C14H12ClN5O3S. The molecule has 1 aliphatic rings. The molecule has 1 aromatic carbocycles. The number of amides is 1. The summed E-state index contributed by atoms with van der Waals surface area (Å²) in [4.78, 5) is 17.3. The molecule has 0 saturated carbocycles. The van der Waals surface area contributed by atoms with E-state index in [0.29, 0.717) is 16.3 Å². The highest BCUT2D eigenvalue weighted by atomic mass is 35.5. The lowest BCUT2D eigenvalue weighted by Gasteiger charge is -2.27. The second kappa shape index (κ2) is 6.10. The van der Waals surface area contributed by atoms with Crippen LogP contribution in [0.2, 0.25) is 5.02 Å². The summed E-state index contributed by atoms with van der Waals surface area (Å²) in [6.45, 7) is 0. The number of pyridine rings is 1. The highest BCUT2D eigenvalue weighted by molar-refractivity contribution is 7.90. The molecule has 1 aliphatic heterocycles. The van der Waals surface area contributed by atoms with Crippen LogP contribution in [0.25, 0.3) is 0 Å². The maximum absolute atomic E-state index is 12.3. The van der Waals surface area contributed by atoms with Gasteiger partial charge in [-0.25, -0.2) is 0 Å². The van der Waals surface area contributed by atoms with Crippen LogP contribution >= 0.6 is 11.6 Å². The Hall–Kier alpha value is -2.65. The summed E-state index contributed by atoms with van der Waals surface area (Å²) >= 11 is 5.85. The van der Waals surface area contributed by atoms with Crippen molar-refractivity contribution in [2.45, 2.75) is 4.90 Å². The number of nitrogens with zero attached hydrogens (tertiary/aromatic N) is 3. The average Bonchev–Trinajstić information content (AvgIpc) is 2.57. The monoisotopic (exact) mass is 365 g/mol. The Morgan fingerprint density at radius 2 is 2.08 bits per heavy atom. The number of benzene rings is 1. The summed E-state index contributed by atoms with van der Waals surface area (Å²) in [5.41, 5.74) is 5.62. The molecule has 1 aromatic heterocycles. The van der Waals surface area contributed by atoms with Crippen molar-refractivity contribution >= 4 is 39.2 Å². The number of fused-ring (bicyclic) bond motifs is 1. The van der Waals surface area contributed by atoms with Crippen LogP contribution in [0.15, 0.2) is 52.0 Å². The van der Waals surface area contributed by atoms with Gasteiger partial charge in [-0.05, 0) is 30.3 Å². The van der Waals surface area contributed by atoms with Gasteiger partial charge in [0.15, 0.2) is 0 Å². The summed E-state index contributed by atoms with van der Waals surface area (Å²) in [7, 11) is -2.31. The topological polar surface area (TPSA) is 104 Å². The summed E-state index contributed by atoms with van der Waals surface area (Å²) in [6.07, 6.45) is 2.93. The minimum Gasteiger partial charge on any atom is -0.312 e. The maximum Gasteiger partial charge on any atom is 0.287 e. The SMILES string of the molecule is CN1C(NNC(=O)c2cccnc2)=NS(=O)(=O)c2cc(Cl)ccc21. The first-order valence-corrected chi connectivity index (χ1v) is 8.55. The molecule has 0 bridgehead atoms. The van der Waals surface area contributed by atoms with Crippen molar-refractivity contribution in [2.75, 3.05) is 11.9 Å². The molecule has 0 spiro atoms. The fourth-order valence-electron chi connectivity index (χ4n) is 2.10. The van der Waals surface area contributed by atoms with Gasteiger partial charge in [-0.15, -0.1) is 4.40 Å². The number of carbonyl (C=O) groups is 1. The first-order valence-electron chi connectivity index (χ1n) is 6.73. The first kappa shape index (κ1) is 16.2. The molecule has 0 saturated heterocycles. The predicted molar refractivity (Wildman–Crippen MR) is 89.3 cm³/mol. The lowest BCUT2D eigenvalue weighted by Crippen LogP contribution is -2.50. The van der Waals surface area contributed by atoms with Crippen LogP contribution in [0.4, 0.5) is 5.69 Å². The quantitative estimate of drug-likeness (QED) is 0.735. The zero-order valence-electron chi connectivity index (χ0n) is 12.4. The molecule has 0 atom stereocenters. The van der Waals surface area contributed by atoms with Gasteiger partial charge < -0.3 is 4.90 Å². The number of nitrogens with one attached hydrogen (secondary N) is 2. The van der Waals surface area contributed by atoms with Gasteiger partial charge in [0, 0.05) is 24.5 Å². The molecule has 0 unspecified atom stereocenters. The molecule has 0 fully saturated rings. The number of anilines is 1. The molecule has 2 aromatic rings. The van der Waals surface area contributed by atoms with E-state index in [0.717, 1.165) is 0 Å². The van der Waals surface area contributed by atoms with Crippen LogP contribution in [-0.4, -0.2) is 32.3 Å². The van der Waals surface area contributed by atoms with Gasteiger partial charge in [0.25, 0.3) is 15.9 Å². The van der Waals surface area contributed by atoms with Crippen LogP contribution < -0.4 is 15.8 Å². The Kier molecular flexibility index (Phi) is 4.12. The fourth-order valence-corrected chi connectivity index (χ4v) is 3.57. The van der Waals surface area contributed by atoms with Crippen molar-refractivity contribution in [3.8, 4) is 0 Å². The number of guanidine groups is 1. The third-order valence-electron chi connectivity index (χ3n) is 3.30. The van der Waals surface area contributed by atoms with Gasteiger partial charge in [0.2, 0.25) is 5.96 Å². The highest BCUT2D eigenvalue weighted by Gasteiger charge is 2.29. The summed E-state index contributed by atoms with van der Waals surface area (Å²) < 4.78 is 28.2. The second-order valence-corrected chi connectivity index (χ2v) is 6.89. The molecule has 124 valence electrons.